The number of ether oxygens (including phenoxy) is 2. The second kappa shape index (κ2) is 15.3. The summed E-state index contributed by atoms with van der Waals surface area (Å²) in [6.45, 7) is 5.60. The minimum absolute atomic E-state index is 0.132. The second-order valence-electron chi connectivity index (χ2n) is 8.38. The van der Waals surface area contributed by atoms with Crippen molar-refractivity contribution in [3.8, 4) is 5.75 Å². The molecule has 0 fully saturated rings. The summed E-state index contributed by atoms with van der Waals surface area (Å²) < 4.78 is 10.2. The number of amides is 2. The quantitative estimate of drug-likeness (QED) is 0.134. The van der Waals surface area contributed by atoms with E-state index in [2.05, 4.69) is 30.2 Å². The van der Waals surface area contributed by atoms with Crippen LogP contribution in [0, 0.1) is 5.92 Å². The predicted molar refractivity (Wildman–Crippen MR) is 132 cm³/mol. The lowest BCUT2D eigenvalue weighted by atomic mass is 10.0. The number of unbranched alkanes of at least 4 members (excludes halogenated alkanes) is 2. The maximum absolute atomic E-state index is 12.9. The van der Waals surface area contributed by atoms with E-state index in [4.69, 9.17) is 15.2 Å². The molecule has 0 radical (unpaired) electrons. The SMILES string of the molecule is CCCCCC(=O)Oc1ccc(C[C@H](NC(=O)[C@@H](NC(=O)[C@@H](N)CS)C(C)C)C(=O)OC)cc1. The van der Waals surface area contributed by atoms with Crippen LogP contribution in [0.1, 0.15) is 52.0 Å². The molecule has 34 heavy (non-hydrogen) atoms. The molecular weight excluding hydrogens is 458 g/mol. The van der Waals surface area contributed by atoms with Gasteiger partial charge in [0.2, 0.25) is 11.8 Å². The Bertz CT molecular complexity index is 815. The van der Waals surface area contributed by atoms with E-state index in [-0.39, 0.29) is 24.1 Å². The highest BCUT2D eigenvalue weighted by Gasteiger charge is 2.30. The monoisotopic (exact) mass is 495 g/mol. The highest BCUT2D eigenvalue weighted by Crippen LogP contribution is 2.16. The van der Waals surface area contributed by atoms with Crippen LogP contribution < -0.4 is 21.1 Å². The van der Waals surface area contributed by atoms with Crippen LogP contribution >= 0.6 is 12.6 Å². The highest BCUT2D eigenvalue weighted by molar-refractivity contribution is 7.80. The van der Waals surface area contributed by atoms with Crippen LogP contribution in [0.3, 0.4) is 0 Å². The number of nitrogens with two attached hydrogens (primary N) is 1. The molecule has 0 heterocycles. The van der Waals surface area contributed by atoms with Crippen LogP contribution in [0.5, 0.6) is 5.75 Å². The fourth-order valence-corrected chi connectivity index (χ4v) is 3.27. The van der Waals surface area contributed by atoms with Gasteiger partial charge in [-0.2, -0.15) is 12.6 Å². The zero-order valence-corrected chi connectivity index (χ0v) is 21.2. The average Bonchev–Trinajstić information content (AvgIpc) is 2.81. The van der Waals surface area contributed by atoms with E-state index in [1.807, 2.05) is 0 Å². The Balaban J connectivity index is 2.84. The Morgan fingerprint density at radius 2 is 1.68 bits per heavy atom. The third-order valence-electron chi connectivity index (χ3n) is 5.16. The van der Waals surface area contributed by atoms with Gasteiger partial charge in [0.05, 0.1) is 13.2 Å². The normalized spacial score (nSPS) is 13.5. The van der Waals surface area contributed by atoms with Crippen molar-refractivity contribution in [1.29, 1.82) is 0 Å². The third kappa shape index (κ3) is 10.1. The Hall–Kier alpha value is -2.59. The molecule has 0 saturated carbocycles. The molecule has 1 aromatic rings. The van der Waals surface area contributed by atoms with Gasteiger partial charge in [0.15, 0.2) is 0 Å². The first-order valence-corrected chi connectivity index (χ1v) is 12.1. The van der Waals surface area contributed by atoms with E-state index in [1.54, 1.807) is 38.1 Å². The molecule has 10 heteroatoms. The molecule has 4 N–H and O–H groups in total. The molecular formula is C24H37N3O6S. The van der Waals surface area contributed by atoms with E-state index in [1.165, 1.54) is 7.11 Å². The van der Waals surface area contributed by atoms with Gasteiger partial charge >= 0.3 is 11.9 Å². The van der Waals surface area contributed by atoms with Gasteiger partial charge in [-0.15, -0.1) is 0 Å². The molecule has 2 amide bonds. The lowest BCUT2D eigenvalue weighted by Gasteiger charge is -2.25. The van der Waals surface area contributed by atoms with Crippen molar-refractivity contribution < 1.29 is 28.7 Å². The number of methoxy groups -OCH3 is 1. The first-order chi connectivity index (χ1) is 16.1. The lowest BCUT2D eigenvalue weighted by molar-refractivity contribution is -0.145. The standard InChI is InChI=1S/C24H37N3O6S/c1-5-6-7-8-20(28)33-17-11-9-16(10-12-17)13-19(24(31)32-4)26-23(30)21(15(2)3)27-22(29)18(25)14-34/h9-12,15,18-19,21,34H,5-8,13-14,25H2,1-4H3,(H,26,30)(H,27,29)/t18-,19-,21-/m0/s1. The molecule has 3 atom stereocenters. The van der Waals surface area contributed by atoms with Crippen LogP contribution in [-0.2, 0) is 30.3 Å². The van der Waals surface area contributed by atoms with E-state index in [0.717, 1.165) is 24.8 Å². The van der Waals surface area contributed by atoms with Gasteiger partial charge in [-0.3, -0.25) is 14.4 Å². The predicted octanol–water partition coefficient (Wildman–Crippen LogP) is 1.77. The van der Waals surface area contributed by atoms with E-state index < -0.39 is 35.9 Å². The molecule has 0 saturated heterocycles. The van der Waals surface area contributed by atoms with Crippen molar-refractivity contribution in [2.75, 3.05) is 12.9 Å². The minimum Gasteiger partial charge on any atom is -0.467 e. The van der Waals surface area contributed by atoms with E-state index >= 15 is 0 Å². The molecule has 190 valence electrons. The van der Waals surface area contributed by atoms with Gasteiger partial charge in [-0.1, -0.05) is 45.7 Å². The fourth-order valence-electron chi connectivity index (χ4n) is 3.11. The summed E-state index contributed by atoms with van der Waals surface area (Å²) in [4.78, 5) is 49.3. The summed E-state index contributed by atoms with van der Waals surface area (Å²) in [6, 6.07) is 3.98. The highest BCUT2D eigenvalue weighted by atomic mass is 32.1. The van der Waals surface area contributed by atoms with Crippen LogP contribution in [0.15, 0.2) is 24.3 Å². The maximum Gasteiger partial charge on any atom is 0.328 e. The largest absolute Gasteiger partial charge is 0.467 e. The van der Waals surface area contributed by atoms with Crippen molar-refractivity contribution >= 4 is 36.4 Å². The van der Waals surface area contributed by atoms with Crippen molar-refractivity contribution in [1.82, 2.24) is 10.6 Å². The number of hydrogen-bond donors (Lipinski definition) is 4. The van der Waals surface area contributed by atoms with Gasteiger partial charge in [0, 0.05) is 18.6 Å². The summed E-state index contributed by atoms with van der Waals surface area (Å²) in [7, 11) is 1.23. The van der Waals surface area contributed by atoms with Gasteiger partial charge < -0.3 is 25.8 Å². The maximum atomic E-state index is 12.9. The summed E-state index contributed by atoms with van der Waals surface area (Å²) in [5.41, 5.74) is 6.41. The van der Waals surface area contributed by atoms with Gasteiger partial charge in [0.1, 0.15) is 17.8 Å². The molecule has 0 unspecified atom stereocenters. The van der Waals surface area contributed by atoms with Crippen LogP contribution in [0.2, 0.25) is 0 Å². The number of nitrogens with one attached hydrogen (secondary N) is 2. The van der Waals surface area contributed by atoms with Crippen molar-refractivity contribution in [3.05, 3.63) is 29.8 Å². The van der Waals surface area contributed by atoms with Gasteiger partial charge in [0.25, 0.3) is 0 Å². The minimum atomic E-state index is -0.975. The molecule has 0 aliphatic rings. The molecule has 0 aliphatic carbocycles. The first-order valence-electron chi connectivity index (χ1n) is 11.5. The molecule has 9 nitrogen and oxygen atoms in total. The van der Waals surface area contributed by atoms with Crippen molar-refractivity contribution in [3.63, 3.8) is 0 Å². The van der Waals surface area contributed by atoms with Crippen LogP contribution in [0.25, 0.3) is 0 Å². The first kappa shape index (κ1) is 29.4. The molecule has 1 rings (SSSR count). The Morgan fingerprint density at radius 3 is 2.21 bits per heavy atom. The number of esters is 2. The Kier molecular flexibility index (Phi) is 13.3. The Morgan fingerprint density at radius 1 is 1.03 bits per heavy atom. The zero-order chi connectivity index (χ0) is 25.7. The van der Waals surface area contributed by atoms with Gasteiger partial charge in [-0.25, -0.2) is 4.79 Å². The summed E-state index contributed by atoms with van der Waals surface area (Å²) in [6.07, 6.45) is 3.29. The fraction of sp³-hybridized carbons (Fsp3) is 0.583. The summed E-state index contributed by atoms with van der Waals surface area (Å²) >= 11 is 4.00. The number of carbonyl (C=O) groups is 4. The van der Waals surface area contributed by atoms with Crippen molar-refractivity contribution in [2.24, 2.45) is 11.7 Å². The van der Waals surface area contributed by atoms with Crippen LogP contribution in [0.4, 0.5) is 0 Å². The number of benzene rings is 1. The van der Waals surface area contributed by atoms with Crippen molar-refractivity contribution in [2.45, 2.75) is 71.0 Å². The Labute approximate surface area is 206 Å². The van der Waals surface area contributed by atoms with E-state index in [9.17, 15) is 19.2 Å². The van der Waals surface area contributed by atoms with Crippen LogP contribution in [-0.4, -0.2) is 54.7 Å². The van der Waals surface area contributed by atoms with E-state index in [0.29, 0.717) is 12.2 Å². The number of carbonyl (C=O) groups excluding carboxylic acids is 4. The number of hydrogen-bond acceptors (Lipinski definition) is 8. The number of thiol groups is 1. The molecule has 0 spiro atoms. The number of rotatable bonds is 14. The molecule has 0 aliphatic heterocycles. The molecule has 0 aromatic heterocycles. The average molecular weight is 496 g/mol. The smallest absolute Gasteiger partial charge is 0.328 e. The second-order valence-corrected chi connectivity index (χ2v) is 8.75. The summed E-state index contributed by atoms with van der Waals surface area (Å²) in [5.74, 6) is -1.65. The summed E-state index contributed by atoms with van der Waals surface area (Å²) in [5, 5.41) is 5.27. The molecule has 0 bridgehead atoms. The van der Waals surface area contributed by atoms with Gasteiger partial charge in [-0.05, 0) is 30.0 Å². The topological polar surface area (TPSA) is 137 Å². The molecule has 1 aromatic carbocycles. The third-order valence-corrected chi connectivity index (χ3v) is 5.56. The zero-order valence-electron chi connectivity index (χ0n) is 20.3. The lowest BCUT2D eigenvalue weighted by Crippen LogP contribution is -2.57.